The van der Waals surface area contributed by atoms with Crippen LogP contribution in [0.4, 0.5) is 51.2 Å². The van der Waals surface area contributed by atoms with Gasteiger partial charge < -0.3 is 23.5 Å². The summed E-state index contributed by atoms with van der Waals surface area (Å²) in [7, 11) is 0. The maximum absolute atomic E-state index is 6.70. The Morgan fingerprint density at radius 2 is 0.905 bits per heavy atom. The Bertz CT molecular complexity index is 4180. The van der Waals surface area contributed by atoms with Crippen LogP contribution < -0.4 is 31.1 Å². The summed E-state index contributed by atoms with van der Waals surface area (Å²) < 4.78 is 13.1. The molecule has 4 heterocycles. The fourth-order valence-electron chi connectivity index (χ4n) is 11.9. The van der Waals surface area contributed by atoms with Crippen molar-refractivity contribution in [2.45, 2.75) is 52.4 Å². The van der Waals surface area contributed by atoms with E-state index >= 15 is 0 Å². The van der Waals surface area contributed by atoms with E-state index in [0.717, 1.165) is 101 Å². The minimum atomic E-state index is -0.1000. The molecule has 6 heteroatoms. The fourth-order valence-corrected chi connectivity index (χ4v) is 11.9. The average molecular weight is 956 g/mol. The van der Waals surface area contributed by atoms with E-state index in [-0.39, 0.29) is 17.5 Å². The van der Waals surface area contributed by atoms with Gasteiger partial charge in [0, 0.05) is 61.7 Å². The highest BCUT2D eigenvalue weighted by Gasteiger charge is 2.44. The first-order chi connectivity index (χ1) is 36.0. The van der Waals surface area contributed by atoms with Gasteiger partial charge in [0.25, 0.3) is 6.71 Å². The van der Waals surface area contributed by atoms with Gasteiger partial charge in [0.2, 0.25) is 0 Å². The summed E-state index contributed by atoms with van der Waals surface area (Å²) in [6, 6.07) is 80.1. The van der Waals surface area contributed by atoms with Crippen LogP contribution in [0.1, 0.15) is 52.7 Å². The maximum Gasteiger partial charge on any atom is 0.252 e. The van der Waals surface area contributed by atoms with Gasteiger partial charge in [0.05, 0.1) is 11.1 Å². The molecule has 14 rings (SSSR count). The molecule has 0 spiro atoms. The summed E-state index contributed by atoms with van der Waals surface area (Å²) in [5.41, 5.74) is 22.1. The molecule has 0 saturated heterocycles. The Morgan fingerprint density at radius 1 is 0.378 bits per heavy atom. The molecule has 2 aliphatic heterocycles. The monoisotopic (exact) mass is 955 g/mol. The van der Waals surface area contributed by atoms with E-state index in [9.17, 15) is 0 Å². The van der Waals surface area contributed by atoms with Crippen molar-refractivity contribution in [3.05, 3.63) is 230 Å². The van der Waals surface area contributed by atoms with Crippen molar-refractivity contribution in [1.29, 1.82) is 0 Å². The molecule has 0 saturated carbocycles. The molecule has 0 N–H and O–H groups in total. The summed E-state index contributed by atoms with van der Waals surface area (Å²) >= 11 is 0. The van der Waals surface area contributed by atoms with Crippen LogP contribution in [0.5, 0.6) is 0 Å². The van der Waals surface area contributed by atoms with E-state index in [4.69, 9.17) is 8.83 Å². The third-order valence-corrected chi connectivity index (χ3v) is 15.5. The smallest absolute Gasteiger partial charge is 0.252 e. The highest BCUT2D eigenvalue weighted by molar-refractivity contribution is 7.00. The molecule has 0 bridgehead atoms. The van der Waals surface area contributed by atoms with Crippen LogP contribution >= 0.6 is 0 Å². The molecule has 0 radical (unpaired) electrons. The van der Waals surface area contributed by atoms with Gasteiger partial charge in [0.15, 0.2) is 0 Å². The van der Waals surface area contributed by atoms with Crippen LogP contribution in [-0.2, 0) is 10.8 Å². The first-order valence-corrected chi connectivity index (χ1v) is 25.9. The second-order valence-electron chi connectivity index (χ2n) is 22.2. The van der Waals surface area contributed by atoms with Crippen LogP contribution in [0.3, 0.4) is 0 Å². The number of nitrogens with zero attached hydrogens (tertiary/aromatic N) is 3. The van der Waals surface area contributed by atoms with Crippen molar-refractivity contribution in [3.8, 4) is 11.1 Å². The minimum absolute atomic E-state index is 0.00590. The largest absolute Gasteiger partial charge is 0.456 e. The van der Waals surface area contributed by atoms with Gasteiger partial charge in [-0.1, -0.05) is 163 Å². The van der Waals surface area contributed by atoms with E-state index in [1.54, 1.807) is 0 Å². The molecule has 0 amide bonds. The Hall–Kier alpha value is -8.74. The number of rotatable bonds is 6. The Morgan fingerprint density at radius 3 is 1.62 bits per heavy atom. The van der Waals surface area contributed by atoms with Crippen molar-refractivity contribution in [2.24, 2.45) is 0 Å². The number of anilines is 9. The molecule has 5 nitrogen and oxygen atoms in total. The predicted molar refractivity (Wildman–Crippen MR) is 313 cm³/mol. The minimum Gasteiger partial charge on any atom is -0.456 e. The third-order valence-electron chi connectivity index (χ3n) is 15.5. The summed E-state index contributed by atoms with van der Waals surface area (Å²) in [6.45, 7) is 13.6. The second kappa shape index (κ2) is 16.4. The lowest BCUT2D eigenvalue weighted by Crippen LogP contribution is -2.61. The van der Waals surface area contributed by atoms with Crippen LogP contribution in [-0.4, -0.2) is 6.71 Å². The molecule has 2 aromatic heterocycles. The number of hydrogen-bond donors (Lipinski definition) is 0. The normalized spacial score (nSPS) is 13.2. The Labute approximate surface area is 432 Å². The zero-order valence-electron chi connectivity index (χ0n) is 42.5. The van der Waals surface area contributed by atoms with E-state index < -0.39 is 0 Å². The van der Waals surface area contributed by atoms with Gasteiger partial charge in [0.1, 0.15) is 22.3 Å². The molecule has 12 aromatic rings. The van der Waals surface area contributed by atoms with Gasteiger partial charge in [-0.05, 0) is 147 Å². The number of fused-ring (bicyclic) bond motifs is 11. The number of para-hydroxylation sites is 2. The van der Waals surface area contributed by atoms with Crippen molar-refractivity contribution in [2.75, 3.05) is 14.7 Å². The average Bonchev–Trinajstić information content (AvgIpc) is 4.04. The molecular formula is C68H54BN3O2. The van der Waals surface area contributed by atoms with Crippen molar-refractivity contribution in [3.63, 3.8) is 0 Å². The van der Waals surface area contributed by atoms with E-state index in [2.05, 4.69) is 269 Å². The number of hydrogen-bond acceptors (Lipinski definition) is 5. The number of benzene rings is 10. The van der Waals surface area contributed by atoms with Crippen molar-refractivity contribution in [1.82, 2.24) is 0 Å². The standard InChI is InChI=1S/C68H54BN3O2/c1-67(2,3)45-26-30-47(31-27-45)71-57-22-15-23-58-65(57)69(56-37-39-63-64(53-21-11-13-25-61(53)74-63)66(56)72(58)48-32-28-46(29-33-48)68(4,5)6)55-36-34-51(42-59(55)71)70(49-19-14-18-44(40-49)43-16-8-7-9-17-43)50-35-38-62-54(41-50)52-20-10-12-24-60(52)73-62/h7-42H,1-6H3. The molecule has 10 aromatic carbocycles. The van der Waals surface area contributed by atoms with Crippen molar-refractivity contribution >= 4 is 118 Å². The molecular weight excluding hydrogens is 902 g/mol. The molecule has 0 unspecified atom stereocenters. The molecule has 74 heavy (non-hydrogen) atoms. The molecule has 0 atom stereocenters. The Balaban J connectivity index is 1.04. The SMILES string of the molecule is CC(C)(C)c1ccc(N2c3cc(N(c4cccc(-c5ccccc5)c4)c4ccc5oc6ccccc6c5c4)ccc3B3c4ccc5oc6ccccc6c5c4N(c4ccc(C(C)(C)C)cc4)c4cccc2c43)cc1. The van der Waals surface area contributed by atoms with Gasteiger partial charge in [-0.2, -0.15) is 0 Å². The maximum atomic E-state index is 6.70. The zero-order chi connectivity index (χ0) is 50.0. The van der Waals surface area contributed by atoms with E-state index in [0.29, 0.717) is 0 Å². The van der Waals surface area contributed by atoms with Gasteiger partial charge in [-0.15, -0.1) is 0 Å². The lowest BCUT2D eigenvalue weighted by atomic mass is 9.33. The highest BCUT2D eigenvalue weighted by atomic mass is 16.3. The molecule has 0 aliphatic carbocycles. The first kappa shape index (κ1) is 44.0. The summed E-state index contributed by atoms with van der Waals surface area (Å²) in [5.74, 6) is 0. The van der Waals surface area contributed by atoms with Gasteiger partial charge >= 0.3 is 0 Å². The Kier molecular flexibility index (Phi) is 9.75. The second-order valence-corrected chi connectivity index (χ2v) is 22.2. The highest BCUT2D eigenvalue weighted by Crippen LogP contribution is 2.50. The summed E-state index contributed by atoms with van der Waals surface area (Å²) in [5, 5.41) is 4.41. The van der Waals surface area contributed by atoms with E-state index in [1.165, 1.54) is 33.1 Å². The lowest BCUT2D eigenvalue weighted by molar-refractivity contribution is 0.590. The van der Waals surface area contributed by atoms with Crippen LogP contribution in [0, 0.1) is 0 Å². The summed E-state index contributed by atoms with van der Waals surface area (Å²) in [4.78, 5) is 7.45. The fraction of sp³-hybridized carbons (Fsp3) is 0.118. The third kappa shape index (κ3) is 6.92. The quantitative estimate of drug-likeness (QED) is 0.155. The topological polar surface area (TPSA) is 36.0 Å². The molecule has 356 valence electrons. The van der Waals surface area contributed by atoms with Gasteiger partial charge in [-0.3, -0.25) is 0 Å². The molecule has 0 fully saturated rings. The number of furan rings is 2. The van der Waals surface area contributed by atoms with E-state index in [1.807, 2.05) is 6.07 Å². The van der Waals surface area contributed by atoms with Crippen LogP contribution in [0.15, 0.2) is 227 Å². The molecule has 2 aliphatic rings. The lowest BCUT2D eigenvalue weighted by Gasteiger charge is -2.44. The van der Waals surface area contributed by atoms with Crippen LogP contribution in [0.2, 0.25) is 0 Å². The van der Waals surface area contributed by atoms with Crippen molar-refractivity contribution < 1.29 is 8.83 Å². The predicted octanol–water partition coefficient (Wildman–Crippen LogP) is 17.3. The van der Waals surface area contributed by atoms with Gasteiger partial charge in [-0.25, -0.2) is 0 Å². The first-order valence-electron chi connectivity index (χ1n) is 25.9. The zero-order valence-corrected chi connectivity index (χ0v) is 42.5. The van der Waals surface area contributed by atoms with Crippen LogP contribution in [0.25, 0.3) is 55.0 Å². The summed E-state index contributed by atoms with van der Waals surface area (Å²) in [6.07, 6.45) is 0.